The quantitative estimate of drug-likeness (QED) is 0.721. The SMILES string of the molecule is COc1ccc(NC(C)=O)cc1S(=O)(=O)N1CCC(CCc2ccc(C)cc2)CC1. The second-order valence-electron chi connectivity index (χ2n) is 7.92. The summed E-state index contributed by atoms with van der Waals surface area (Å²) in [5, 5.41) is 2.64. The second kappa shape index (κ2) is 9.62. The molecule has 0 aromatic heterocycles. The summed E-state index contributed by atoms with van der Waals surface area (Å²) in [6, 6.07) is 13.3. The highest BCUT2D eigenvalue weighted by molar-refractivity contribution is 7.89. The van der Waals surface area contributed by atoms with Gasteiger partial charge in [-0.3, -0.25) is 4.79 Å². The number of sulfonamides is 1. The minimum atomic E-state index is -3.70. The topological polar surface area (TPSA) is 75.7 Å². The number of piperidine rings is 1. The van der Waals surface area contributed by atoms with E-state index in [-0.39, 0.29) is 16.6 Å². The highest BCUT2D eigenvalue weighted by Gasteiger charge is 2.31. The van der Waals surface area contributed by atoms with Gasteiger partial charge in [0.05, 0.1) is 7.11 Å². The van der Waals surface area contributed by atoms with Crippen molar-refractivity contribution in [3.8, 4) is 5.75 Å². The molecule has 6 nitrogen and oxygen atoms in total. The molecule has 1 amide bonds. The number of rotatable bonds is 7. The number of amides is 1. The predicted molar refractivity (Wildman–Crippen MR) is 118 cm³/mol. The molecule has 0 radical (unpaired) electrons. The number of aryl methyl sites for hydroxylation is 2. The fraction of sp³-hybridized carbons (Fsp3) is 0.435. The monoisotopic (exact) mass is 430 g/mol. The average Bonchev–Trinajstić information content (AvgIpc) is 2.73. The van der Waals surface area contributed by atoms with Crippen LogP contribution in [0.4, 0.5) is 5.69 Å². The molecular weight excluding hydrogens is 400 g/mol. The maximum absolute atomic E-state index is 13.3. The Bertz CT molecular complexity index is 979. The molecule has 1 N–H and O–H groups in total. The maximum Gasteiger partial charge on any atom is 0.246 e. The molecule has 1 aliphatic heterocycles. The molecule has 7 heteroatoms. The van der Waals surface area contributed by atoms with Crippen LogP contribution < -0.4 is 10.1 Å². The van der Waals surface area contributed by atoms with Crippen molar-refractivity contribution in [2.75, 3.05) is 25.5 Å². The van der Waals surface area contributed by atoms with Gasteiger partial charge >= 0.3 is 0 Å². The van der Waals surface area contributed by atoms with Gasteiger partial charge in [-0.05, 0) is 62.3 Å². The molecule has 1 fully saturated rings. The van der Waals surface area contributed by atoms with Gasteiger partial charge in [0, 0.05) is 25.7 Å². The molecular formula is C23H30N2O4S. The van der Waals surface area contributed by atoms with Gasteiger partial charge in [-0.15, -0.1) is 0 Å². The zero-order valence-corrected chi connectivity index (χ0v) is 18.7. The van der Waals surface area contributed by atoms with Gasteiger partial charge in [0.1, 0.15) is 10.6 Å². The van der Waals surface area contributed by atoms with Crippen LogP contribution in [0.5, 0.6) is 5.75 Å². The number of ether oxygens (including phenoxy) is 1. The Balaban J connectivity index is 1.65. The lowest BCUT2D eigenvalue weighted by Gasteiger charge is -2.31. The molecule has 2 aromatic carbocycles. The van der Waals surface area contributed by atoms with Gasteiger partial charge in [-0.25, -0.2) is 8.42 Å². The molecule has 1 saturated heterocycles. The number of nitrogens with one attached hydrogen (secondary N) is 1. The van der Waals surface area contributed by atoms with E-state index < -0.39 is 10.0 Å². The molecule has 0 aliphatic carbocycles. The number of hydrogen-bond acceptors (Lipinski definition) is 4. The molecule has 162 valence electrons. The highest BCUT2D eigenvalue weighted by atomic mass is 32.2. The largest absolute Gasteiger partial charge is 0.495 e. The Morgan fingerprint density at radius 3 is 2.40 bits per heavy atom. The van der Waals surface area contributed by atoms with Crippen LogP contribution in [0.3, 0.4) is 0 Å². The zero-order chi connectivity index (χ0) is 21.7. The Morgan fingerprint density at radius 2 is 1.80 bits per heavy atom. The third kappa shape index (κ3) is 5.40. The van der Waals surface area contributed by atoms with Crippen LogP contribution >= 0.6 is 0 Å². The van der Waals surface area contributed by atoms with Crippen molar-refractivity contribution in [3.05, 3.63) is 53.6 Å². The molecule has 0 saturated carbocycles. The van der Waals surface area contributed by atoms with E-state index in [9.17, 15) is 13.2 Å². The van der Waals surface area contributed by atoms with Crippen molar-refractivity contribution < 1.29 is 17.9 Å². The van der Waals surface area contributed by atoms with Crippen LogP contribution in [0.15, 0.2) is 47.4 Å². The Kier molecular flexibility index (Phi) is 7.15. The number of carbonyl (C=O) groups is 1. The number of hydrogen-bond donors (Lipinski definition) is 1. The first-order valence-electron chi connectivity index (χ1n) is 10.3. The molecule has 1 aliphatic rings. The van der Waals surface area contributed by atoms with Gasteiger partial charge < -0.3 is 10.1 Å². The zero-order valence-electron chi connectivity index (χ0n) is 17.8. The van der Waals surface area contributed by atoms with Gasteiger partial charge in [-0.1, -0.05) is 29.8 Å². The van der Waals surface area contributed by atoms with Crippen LogP contribution in [-0.4, -0.2) is 38.8 Å². The summed E-state index contributed by atoms with van der Waals surface area (Å²) >= 11 is 0. The van der Waals surface area contributed by atoms with E-state index in [1.54, 1.807) is 12.1 Å². The van der Waals surface area contributed by atoms with Crippen molar-refractivity contribution in [2.45, 2.75) is 44.4 Å². The summed E-state index contributed by atoms with van der Waals surface area (Å²) in [6.07, 6.45) is 3.78. The lowest BCUT2D eigenvalue weighted by molar-refractivity contribution is -0.114. The molecule has 0 bridgehead atoms. The molecule has 2 aromatic rings. The first-order valence-corrected chi connectivity index (χ1v) is 11.7. The number of anilines is 1. The summed E-state index contributed by atoms with van der Waals surface area (Å²) in [7, 11) is -2.25. The summed E-state index contributed by atoms with van der Waals surface area (Å²) in [4.78, 5) is 11.4. The first-order chi connectivity index (χ1) is 14.3. The van der Waals surface area contributed by atoms with Crippen molar-refractivity contribution in [2.24, 2.45) is 5.92 Å². The number of benzene rings is 2. The van der Waals surface area contributed by atoms with E-state index in [4.69, 9.17) is 4.74 Å². The van der Waals surface area contributed by atoms with E-state index in [1.807, 2.05) is 0 Å². The van der Waals surface area contributed by atoms with E-state index in [0.29, 0.717) is 24.7 Å². The number of methoxy groups -OCH3 is 1. The molecule has 1 heterocycles. The number of nitrogens with zero attached hydrogens (tertiary/aromatic N) is 1. The first kappa shape index (κ1) is 22.3. The second-order valence-corrected chi connectivity index (χ2v) is 9.82. The van der Waals surface area contributed by atoms with Crippen LogP contribution in [0.2, 0.25) is 0 Å². The maximum atomic E-state index is 13.3. The van der Waals surface area contributed by atoms with Crippen LogP contribution in [0, 0.1) is 12.8 Å². The van der Waals surface area contributed by atoms with E-state index >= 15 is 0 Å². The van der Waals surface area contributed by atoms with E-state index in [2.05, 4.69) is 36.5 Å². The minimum absolute atomic E-state index is 0.0920. The normalized spacial score (nSPS) is 15.7. The average molecular weight is 431 g/mol. The Hall–Kier alpha value is -2.38. The summed E-state index contributed by atoms with van der Waals surface area (Å²) in [6.45, 7) is 4.46. The van der Waals surface area contributed by atoms with Crippen molar-refractivity contribution >= 4 is 21.6 Å². The molecule has 0 atom stereocenters. The third-order valence-electron chi connectivity index (χ3n) is 5.64. The molecule has 0 unspecified atom stereocenters. The van der Waals surface area contributed by atoms with Gasteiger partial charge in [0.25, 0.3) is 0 Å². The van der Waals surface area contributed by atoms with E-state index in [0.717, 1.165) is 25.7 Å². The fourth-order valence-corrected chi connectivity index (χ4v) is 5.51. The van der Waals surface area contributed by atoms with Crippen molar-refractivity contribution in [1.82, 2.24) is 4.31 Å². The minimum Gasteiger partial charge on any atom is -0.495 e. The van der Waals surface area contributed by atoms with Gasteiger partial charge in [0.2, 0.25) is 15.9 Å². The van der Waals surface area contributed by atoms with Gasteiger partial charge in [0.15, 0.2) is 0 Å². The molecule has 30 heavy (non-hydrogen) atoms. The van der Waals surface area contributed by atoms with Crippen LogP contribution in [0.1, 0.15) is 37.3 Å². The predicted octanol–water partition coefficient (Wildman–Crippen LogP) is 4.00. The fourth-order valence-electron chi connectivity index (χ4n) is 3.86. The highest BCUT2D eigenvalue weighted by Crippen LogP contribution is 2.32. The van der Waals surface area contributed by atoms with Crippen molar-refractivity contribution in [3.63, 3.8) is 0 Å². The summed E-state index contributed by atoms with van der Waals surface area (Å²) in [5.41, 5.74) is 3.03. The number of carbonyl (C=O) groups excluding carboxylic acids is 1. The van der Waals surface area contributed by atoms with Crippen LogP contribution in [-0.2, 0) is 21.2 Å². The lowest BCUT2D eigenvalue weighted by atomic mass is 9.91. The lowest BCUT2D eigenvalue weighted by Crippen LogP contribution is -2.38. The van der Waals surface area contributed by atoms with Crippen molar-refractivity contribution in [1.29, 1.82) is 0 Å². The third-order valence-corrected chi connectivity index (χ3v) is 7.56. The molecule has 0 spiro atoms. The summed E-state index contributed by atoms with van der Waals surface area (Å²) in [5.74, 6) is 0.550. The van der Waals surface area contributed by atoms with E-state index in [1.165, 1.54) is 35.5 Å². The standard InChI is InChI=1S/C23H30N2O4S/c1-17-4-6-19(7-5-17)8-9-20-12-14-25(15-13-20)30(27,28)23-16-21(24-18(2)26)10-11-22(23)29-3/h4-7,10-11,16,20H,8-9,12-15H2,1-3H3,(H,24,26). The van der Waals surface area contributed by atoms with Crippen LogP contribution in [0.25, 0.3) is 0 Å². The van der Waals surface area contributed by atoms with Gasteiger partial charge in [-0.2, -0.15) is 4.31 Å². The smallest absolute Gasteiger partial charge is 0.246 e. The molecule has 3 rings (SSSR count). The Morgan fingerprint density at radius 1 is 1.13 bits per heavy atom. The Labute approximate surface area is 179 Å². The summed E-state index contributed by atoms with van der Waals surface area (Å²) < 4.78 is 33.3.